The number of fused-ring (bicyclic) bond motifs is 1. The van der Waals surface area contributed by atoms with Gasteiger partial charge in [-0.2, -0.15) is 0 Å². The quantitative estimate of drug-likeness (QED) is 0.680. The van der Waals surface area contributed by atoms with Gasteiger partial charge in [0.05, 0.1) is 0 Å². The maximum Gasteiger partial charge on any atom is 0.246 e. The number of hydrogen-bond acceptors (Lipinski definition) is 3. The van der Waals surface area contributed by atoms with E-state index in [9.17, 15) is 14.4 Å². The van der Waals surface area contributed by atoms with Crippen LogP contribution in [-0.4, -0.2) is 51.8 Å². The fraction of sp³-hybridized carbons (Fsp3) is 0.522. The molecule has 30 heavy (non-hydrogen) atoms. The van der Waals surface area contributed by atoms with Crippen LogP contribution in [0.1, 0.15) is 46.6 Å². The van der Waals surface area contributed by atoms with Crippen molar-refractivity contribution in [3.63, 3.8) is 0 Å². The largest absolute Gasteiger partial charge is 0.361 e. The monoisotopic (exact) mass is 412 g/mol. The summed E-state index contributed by atoms with van der Waals surface area (Å²) in [5.41, 5.74) is 1.54. The first kappa shape index (κ1) is 21.9. The Kier molecular flexibility index (Phi) is 6.19. The highest BCUT2D eigenvalue weighted by molar-refractivity contribution is 5.99. The molecule has 1 aromatic heterocycles. The van der Waals surface area contributed by atoms with Crippen LogP contribution in [0, 0.1) is 5.92 Å². The molecule has 1 aliphatic heterocycles. The zero-order chi connectivity index (χ0) is 22.1. The Morgan fingerprint density at radius 2 is 1.90 bits per heavy atom. The Hall–Kier alpha value is -2.83. The van der Waals surface area contributed by atoms with Crippen LogP contribution in [0.5, 0.6) is 0 Å². The summed E-state index contributed by atoms with van der Waals surface area (Å²) in [6, 6.07) is 6.53. The number of hydrogen-bond donors (Lipinski definition) is 3. The van der Waals surface area contributed by atoms with Crippen molar-refractivity contribution in [1.82, 2.24) is 20.5 Å². The fourth-order valence-electron chi connectivity index (χ4n) is 3.97. The first-order valence-corrected chi connectivity index (χ1v) is 10.5. The van der Waals surface area contributed by atoms with Gasteiger partial charge in [-0.05, 0) is 44.7 Å². The van der Waals surface area contributed by atoms with Crippen LogP contribution < -0.4 is 10.6 Å². The average molecular weight is 413 g/mol. The number of amides is 3. The molecule has 3 N–H and O–H groups in total. The van der Waals surface area contributed by atoms with Crippen LogP contribution in [0.25, 0.3) is 10.9 Å². The van der Waals surface area contributed by atoms with Gasteiger partial charge in [-0.15, -0.1) is 0 Å². The predicted octanol–water partition coefficient (Wildman–Crippen LogP) is 2.37. The van der Waals surface area contributed by atoms with E-state index in [2.05, 4.69) is 15.6 Å². The van der Waals surface area contributed by atoms with Crippen molar-refractivity contribution in [2.75, 3.05) is 6.54 Å². The standard InChI is InChI=1S/C23H32N4O3/c1-14(2)10-19-21(29)25-18(11-15-12-24-17-9-7-6-8-16(15)17)22(30)27(19)13-20(28)26-23(3,4)5/h6-9,12,14,18-19,24H,10-11,13H2,1-5H3,(H,25,29)(H,26,28). The lowest BCUT2D eigenvalue weighted by Crippen LogP contribution is -2.65. The molecule has 3 amide bonds. The summed E-state index contributed by atoms with van der Waals surface area (Å²) in [6.07, 6.45) is 2.77. The summed E-state index contributed by atoms with van der Waals surface area (Å²) in [4.78, 5) is 43.5. The minimum Gasteiger partial charge on any atom is -0.361 e. The summed E-state index contributed by atoms with van der Waals surface area (Å²) in [7, 11) is 0. The number of nitrogens with one attached hydrogen (secondary N) is 3. The molecule has 0 spiro atoms. The number of nitrogens with zero attached hydrogens (tertiary/aromatic N) is 1. The molecule has 2 aromatic rings. The van der Waals surface area contributed by atoms with E-state index in [4.69, 9.17) is 0 Å². The van der Waals surface area contributed by atoms with E-state index < -0.39 is 17.6 Å². The van der Waals surface area contributed by atoms with Gasteiger partial charge in [-0.1, -0.05) is 32.0 Å². The van der Waals surface area contributed by atoms with E-state index in [0.29, 0.717) is 12.8 Å². The summed E-state index contributed by atoms with van der Waals surface area (Å²) >= 11 is 0. The summed E-state index contributed by atoms with van der Waals surface area (Å²) < 4.78 is 0. The van der Waals surface area contributed by atoms with Crippen molar-refractivity contribution < 1.29 is 14.4 Å². The number of carbonyl (C=O) groups excluding carboxylic acids is 3. The molecule has 0 bridgehead atoms. The van der Waals surface area contributed by atoms with Crippen LogP contribution in [0.15, 0.2) is 30.5 Å². The van der Waals surface area contributed by atoms with Gasteiger partial charge in [0, 0.05) is 29.1 Å². The third-order valence-electron chi connectivity index (χ3n) is 5.20. The summed E-state index contributed by atoms with van der Waals surface area (Å²) in [5, 5.41) is 6.82. The zero-order valence-corrected chi connectivity index (χ0v) is 18.4. The number of rotatable bonds is 6. The molecule has 2 heterocycles. The van der Waals surface area contributed by atoms with Crippen molar-refractivity contribution in [2.45, 2.75) is 65.1 Å². The van der Waals surface area contributed by atoms with Crippen molar-refractivity contribution in [2.24, 2.45) is 5.92 Å². The molecule has 0 saturated carbocycles. The van der Waals surface area contributed by atoms with Gasteiger partial charge in [0.15, 0.2) is 0 Å². The van der Waals surface area contributed by atoms with Crippen molar-refractivity contribution in [3.05, 3.63) is 36.0 Å². The molecule has 7 nitrogen and oxygen atoms in total. The average Bonchev–Trinajstić information content (AvgIpc) is 3.03. The predicted molar refractivity (Wildman–Crippen MR) is 117 cm³/mol. The fourth-order valence-corrected chi connectivity index (χ4v) is 3.97. The van der Waals surface area contributed by atoms with Crippen molar-refractivity contribution in [3.8, 4) is 0 Å². The maximum absolute atomic E-state index is 13.3. The molecule has 0 radical (unpaired) electrons. The van der Waals surface area contributed by atoms with Gasteiger partial charge in [0.25, 0.3) is 0 Å². The van der Waals surface area contributed by atoms with Crippen molar-refractivity contribution >= 4 is 28.6 Å². The number of carbonyl (C=O) groups is 3. The Morgan fingerprint density at radius 3 is 2.57 bits per heavy atom. The topological polar surface area (TPSA) is 94.3 Å². The van der Waals surface area contributed by atoms with E-state index >= 15 is 0 Å². The number of aromatic amines is 1. The molecular weight excluding hydrogens is 380 g/mol. The van der Waals surface area contributed by atoms with Gasteiger partial charge in [-0.3, -0.25) is 14.4 Å². The SMILES string of the molecule is CC(C)CC1C(=O)NC(Cc2c[nH]c3ccccc23)C(=O)N1CC(=O)NC(C)(C)C. The Morgan fingerprint density at radius 1 is 1.20 bits per heavy atom. The first-order chi connectivity index (χ1) is 14.0. The van der Waals surface area contributed by atoms with Gasteiger partial charge < -0.3 is 20.5 Å². The lowest BCUT2D eigenvalue weighted by atomic mass is 9.95. The molecule has 162 valence electrons. The highest BCUT2D eigenvalue weighted by atomic mass is 16.2. The Balaban J connectivity index is 1.83. The molecule has 2 atom stereocenters. The molecule has 1 aromatic carbocycles. The molecule has 1 saturated heterocycles. The highest BCUT2D eigenvalue weighted by Gasteiger charge is 2.41. The number of benzene rings is 1. The molecular formula is C23H32N4O3. The maximum atomic E-state index is 13.3. The van der Waals surface area contributed by atoms with Gasteiger partial charge >= 0.3 is 0 Å². The smallest absolute Gasteiger partial charge is 0.246 e. The minimum atomic E-state index is -0.692. The van der Waals surface area contributed by atoms with Crippen LogP contribution >= 0.6 is 0 Å². The summed E-state index contributed by atoms with van der Waals surface area (Å²) in [6.45, 7) is 9.56. The lowest BCUT2D eigenvalue weighted by Gasteiger charge is -2.39. The lowest BCUT2D eigenvalue weighted by molar-refractivity contribution is -0.152. The molecule has 7 heteroatoms. The number of piperazine rings is 1. The Labute approximate surface area is 177 Å². The minimum absolute atomic E-state index is 0.120. The molecule has 2 unspecified atom stereocenters. The molecule has 1 fully saturated rings. The second-order valence-electron chi connectivity index (χ2n) is 9.53. The third-order valence-corrected chi connectivity index (χ3v) is 5.20. The van der Waals surface area contributed by atoms with Gasteiger partial charge in [0.2, 0.25) is 17.7 Å². The number of H-pyrrole nitrogens is 1. The van der Waals surface area contributed by atoms with Crippen LogP contribution in [0.4, 0.5) is 0 Å². The van der Waals surface area contributed by atoms with Crippen LogP contribution in [0.2, 0.25) is 0 Å². The molecule has 1 aliphatic rings. The van der Waals surface area contributed by atoms with E-state index in [0.717, 1.165) is 16.5 Å². The van der Waals surface area contributed by atoms with E-state index in [-0.39, 0.29) is 30.2 Å². The molecule has 3 rings (SSSR count). The van der Waals surface area contributed by atoms with Crippen LogP contribution in [0.3, 0.4) is 0 Å². The summed E-state index contributed by atoms with van der Waals surface area (Å²) in [5.74, 6) is -0.455. The number of aromatic nitrogens is 1. The normalized spacial score (nSPS) is 20.0. The second-order valence-corrected chi connectivity index (χ2v) is 9.53. The first-order valence-electron chi connectivity index (χ1n) is 10.5. The van der Waals surface area contributed by atoms with E-state index in [1.54, 1.807) is 0 Å². The third kappa shape index (κ3) is 5.01. The van der Waals surface area contributed by atoms with E-state index in [1.165, 1.54) is 4.90 Å². The van der Waals surface area contributed by atoms with E-state index in [1.807, 2.05) is 65.1 Å². The highest BCUT2D eigenvalue weighted by Crippen LogP contribution is 2.23. The van der Waals surface area contributed by atoms with Gasteiger partial charge in [-0.25, -0.2) is 0 Å². The molecule has 0 aliphatic carbocycles. The Bertz CT molecular complexity index is 941. The van der Waals surface area contributed by atoms with Gasteiger partial charge in [0.1, 0.15) is 18.6 Å². The van der Waals surface area contributed by atoms with Crippen molar-refractivity contribution in [1.29, 1.82) is 0 Å². The number of para-hydroxylation sites is 1. The van der Waals surface area contributed by atoms with Crippen LogP contribution in [-0.2, 0) is 20.8 Å². The zero-order valence-electron chi connectivity index (χ0n) is 18.4. The second kappa shape index (κ2) is 8.50.